The van der Waals surface area contributed by atoms with Crippen molar-refractivity contribution in [3.8, 4) is 5.69 Å². The normalized spacial score (nSPS) is 11.2. The minimum Gasteiger partial charge on any atom is -0.298 e. The number of hydrogen-bond acceptors (Lipinski definition) is 2. The Kier molecular flexibility index (Phi) is 2.47. The molecule has 96 valence electrons. The van der Waals surface area contributed by atoms with E-state index in [4.69, 9.17) is 11.6 Å². The van der Waals surface area contributed by atoms with Gasteiger partial charge in [0.2, 0.25) is 0 Å². The molecule has 3 nitrogen and oxygen atoms in total. The smallest absolute Gasteiger partial charge is 0.100 e. The highest BCUT2D eigenvalue weighted by atomic mass is 35.5. The molecule has 4 rings (SSSR count). The molecule has 0 saturated carbocycles. The molecule has 0 aliphatic carbocycles. The van der Waals surface area contributed by atoms with Gasteiger partial charge in [-0.15, -0.1) is 0 Å². The number of halogens is 1. The molecule has 0 N–H and O–H groups in total. The molecular weight excluding hydrogens is 270 g/mol. The number of hydrogen-bond donors (Lipinski definition) is 0. The highest BCUT2D eigenvalue weighted by molar-refractivity contribution is 6.31. The van der Waals surface area contributed by atoms with Gasteiger partial charge < -0.3 is 0 Å². The Morgan fingerprint density at radius 2 is 1.80 bits per heavy atom. The van der Waals surface area contributed by atoms with E-state index in [0.29, 0.717) is 5.02 Å². The molecule has 2 aromatic carbocycles. The molecule has 0 radical (unpaired) electrons. The summed E-state index contributed by atoms with van der Waals surface area (Å²) in [5.41, 5.74) is 4.00. The molecule has 0 spiro atoms. The molecule has 4 aromatic rings. The van der Waals surface area contributed by atoms with E-state index in [0.717, 1.165) is 27.6 Å². The van der Waals surface area contributed by atoms with Crippen LogP contribution in [0.25, 0.3) is 27.6 Å². The first-order valence-corrected chi connectivity index (χ1v) is 6.67. The van der Waals surface area contributed by atoms with Gasteiger partial charge in [-0.05, 0) is 36.4 Å². The summed E-state index contributed by atoms with van der Waals surface area (Å²) in [5.74, 6) is 0. The van der Waals surface area contributed by atoms with Gasteiger partial charge in [0.15, 0.2) is 0 Å². The number of benzene rings is 2. The minimum atomic E-state index is 0.705. The zero-order chi connectivity index (χ0) is 13.5. The van der Waals surface area contributed by atoms with Gasteiger partial charge in [0, 0.05) is 16.6 Å². The third-order valence-corrected chi connectivity index (χ3v) is 3.63. The average Bonchev–Trinajstić information content (AvgIpc) is 2.90. The lowest BCUT2D eigenvalue weighted by Gasteiger charge is -2.08. The maximum atomic E-state index is 6.12. The van der Waals surface area contributed by atoms with E-state index < -0.39 is 0 Å². The van der Waals surface area contributed by atoms with Crippen LogP contribution in [0.2, 0.25) is 5.02 Å². The van der Waals surface area contributed by atoms with E-state index in [1.807, 2.05) is 48.8 Å². The van der Waals surface area contributed by atoms with Gasteiger partial charge in [0.1, 0.15) is 6.33 Å². The zero-order valence-electron chi connectivity index (χ0n) is 10.5. The number of para-hydroxylation sites is 2. The second-order valence-electron chi connectivity index (χ2n) is 4.59. The molecule has 0 bridgehead atoms. The summed E-state index contributed by atoms with van der Waals surface area (Å²) in [6.07, 6.45) is 3.64. The fourth-order valence-electron chi connectivity index (χ4n) is 2.47. The van der Waals surface area contributed by atoms with Gasteiger partial charge in [-0.25, -0.2) is 4.98 Å². The van der Waals surface area contributed by atoms with Crippen LogP contribution < -0.4 is 0 Å². The Hall–Kier alpha value is -2.39. The number of nitrogens with zero attached hydrogens (tertiary/aromatic N) is 3. The van der Waals surface area contributed by atoms with Crippen molar-refractivity contribution in [3.05, 3.63) is 66.1 Å². The number of aromatic nitrogens is 3. The Morgan fingerprint density at radius 3 is 2.75 bits per heavy atom. The van der Waals surface area contributed by atoms with E-state index in [2.05, 4.69) is 20.6 Å². The van der Waals surface area contributed by atoms with Crippen molar-refractivity contribution in [1.29, 1.82) is 0 Å². The second kappa shape index (κ2) is 4.32. The number of imidazole rings is 1. The first kappa shape index (κ1) is 11.4. The van der Waals surface area contributed by atoms with Crippen LogP contribution in [-0.2, 0) is 0 Å². The van der Waals surface area contributed by atoms with Crippen LogP contribution in [0.3, 0.4) is 0 Å². The number of rotatable bonds is 1. The van der Waals surface area contributed by atoms with Crippen molar-refractivity contribution in [2.75, 3.05) is 0 Å². The molecule has 0 atom stereocenters. The lowest BCUT2D eigenvalue weighted by atomic mass is 10.2. The SMILES string of the molecule is Clc1ccc2nccc(-n3cnc4ccccc43)c2c1. The molecule has 0 unspecified atom stereocenters. The van der Waals surface area contributed by atoms with Gasteiger partial charge in [0.05, 0.1) is 22.2 Å². The van der Waals surface area contributed by atoms with Gasteiger partial charge in [-0.2, -0.15) is 0 Å². The summed E-state index contributed by atoms with van der Waals surface area (Å²) in [7, 11) is 0. The lowest BCUT2D eigenvalue weighted by Crippen LogP contribution is -1.94. The first-order valence-electron chi connectivity index (χ1n) is 6.30. The molecule has 0 aliphatic rings. The predicted octanol–water partition coefficient (Wildman–Crippen LogP) is 4.23. The van der Waals surface area contributed by atoms with Gasteiger partial charge in [-0.1, -0.05) is 23.7 Å². The quantitative estimate of drug-likeness (QED) is 0.522. The summed E-state index contributed by atoms with van der Waals surface area (Å²) in [6, 6.07) is 15.8. The minimum absolute atomic E-state index is 0.705. The summed E-state index contributed by atoms with van der Waals surface area (Å²) in [5, 5.41) is 1.72. The van der Waals surface area contributed by atoms with Crippen LogP contribution in [0.15, 0.2) is 61.1 Å². The van der Waals surface area contributed by atoms with E-state index >= 15 is 0 Å². The van der Waals surface area contributed by atoms with Gasteiger partial charge >= 0.3 is 0 Å². The van der Waals surface area contributed by atoms with Crippen molar-refractivity contribution in [1.82, 2.24) is 14.5 Å². The van der Waals surface area contributed by atoms with E-state index in [1.54, 1.807) is 6.20 Å². The lowest BCUT2D eigenvalue weighted by molar-refractivity contribution is 1.10. The Balaban J connectivity index is 2.09. The largest absolute Gasteiger partial charge is 0.298 e. The third kappa shape index (κ3) is 1.67. The molecule has 2 heterocycles. The fourth-order valence-corrected chi connectivity index (χ4v) is 2.64. The molecule has 0 aliphatic heterocycles. The molecule has 4 heteroatoms. The molecule has 2 aromatic heterocycles. The molecule has 20 heavy (non-hydrogen) atoms. The monoisotopic (exact) mass is 279 g/mol. The van der Waals surface area contributed by atoms with Crippen LogP contribution in [-0.4, -0.2) is 14.5 Å². The number of pyridine rings is 1. The van der Waals surface area contributed by atoms with E-state index in [-0.39, 0.29) is 0 Å². The predicted molar refractivity (Wildman–Crippen MR) is 81.4 cm³/mol. The van der Waals surface area contributed by atoms with Gasteiger partial charge in [-0.3, -0.25) is 9.55 Å². The maximum Gasteiger partial charge on any atom is 0.100 e. The summed E-state index contributed by atoms with van der Waals surface area (Å²) in [6.45, 7) is 0. The summed E-state index contributed by atoms with van der Waals surface area (Å²) < 4.78 is 2.07. The van der Waals surface area contributed by atoms with Crippen LogP contribution in [0.1, 0.15) is 0 Å². The van der Waals surface area contributed by atoms with E-state index in [9.17, 15) is 0 Å². The third-order valence-electron chi connectivity index (χ3n) is 3.39. The molecule has 0 amide bonds. The highest BCUT2D eigenvalue weighted by Gasteiger charge is 2.08. The van der Waals surface area contributed by atoms with Crippen LogP contribution in [0.4, 0.5) is 0 Å². The van der Waals surface area contributed by atoms with Crippen molar-refractivity contribution in [2.24, 2.45) is 0 Å². The van der Waals surface area contributed by atoms with Crippen molar-refractivity contribution >= 4 is 33.5 Å². The van der Waals surface area contributed by atoms with Crippen LogP contribution >= 0.6 is 11.6 Å². The molecule has 0 fully saturated rings. The zero-order valence-corrected chi connectivity index (χ0v) is 11.2. The van der Waals surface area contributed by atoms with Crippen molar-refractivity contribution < 1.29 is 0 Å². The fraction of sp³-hybridized carbons (Fsp3) is 0. The maximum absolute atomic E-state index is 6.12. The molecule has 0 saturated heterocycles. The summed E-state index contributed by atoms with van der Waals surface area (Å²) in [4.78, 5) is 8.81. The van der Waals surface area contributed by atoms with Crippen LogP contribution in [0.5, 0.6) is 0 Å². The molecular formula is C16H10ClN3. The van der Waals surface area contributed by atoms with Crippen molar-refractivity contribution in [3.63, 3.8) is 0 Å². The summed E-state index contributed by atoms with van der Waals surface area (Å²) >= 11 is 6.12. The van der Waals surface area contributed by atoms with Crippen LogP contribution in [0, 0.1) is 0 Å². The van der Waals surface area contributed by atoms with Crippen molar-refractivity contribution in [2.45, 2.75) is 0 Å². The second-order valence-corrected chi connectivity index (χ2v) is 5.03. The highest BCUT2D eigenvalue weighted by Crippen LogP contribution is 2.26. The Bertz CT molecular complexity index is 927. The Labute approximate surface area is 120 Å². The van der Waals surface area contributed by atoms with Gasteiger partial charge in [0.25, 0.3) is 0 Å². The van der Waals surface area contributed by atoms with E-state index in [1.165, 1.54) is 0 Å². The number of fused-ring (bicyclic) bond motifs is 2. The topological polar surface area (TPSA) is 30.7 Å². The Morgan fingerprint density at radius 1 is 0.900 bits per heavy atom. The first-order chi connectivity index (χ1) is 9.83. The average molecular weight is 280 g/mol. The standard InChI is InChI=1S/C16H10ClN3/c17-11-5-6-13-12(9-11)15(7-8-18-13)20-10-19-14-3-1-2-4-16(14)20/h1-10H.